The van der Waals surface area contributed by atoms with Gasteiger partial charge in [0.2, 0.25) is 5.91 Å². The number of piperidine rings is 1. The van der Waals surface area contributed by atoms with Crippen LogP contribution in [0.4, 0.5) is 5.82 Å². The van der Waals surface area contributed by atoms with Crippen molar-refractivity contribution in [2.75, 3.05) is 39.6 Å². The minimum Gasteiger partial charge on any atom is -0.497 e. The second-order valence-electron chi connectivity index (χ2n) is 8.54. The Morgan fingerprint density at radius 2 is 2.00 bits per heavy atom. The molecule has 3 heterocycles. The van der Waals surface area contributed by atoms with Crippen LogP contribution in [0.2, 0.25) is 0 Å². The van der Waals surface area contributed by atoms with Crippen LogP contribution < -0.4 is 10.1 Å². The molecule has 1 amide bonds. The Bertz CT molecular complexity index is 898. The molecule has 0 spiro atoms. The zero-order chi connectivity index (χ0) is 21.8. The zero-order valence-corrected chi connectivity index (χ0v) is 18.9. The first-order chi connectivity index (χ1) is 15.1. The highest BCUT2D eigenvalue weighted by molar-refractivity contribution is 5.77. The van der Waals surface area contributed by atoms with Crippen LogP contribution in [0.25, 0.3) is 0 Å². The Morgan fingerprint density at radius 1 is 1.19 bits per heavy atom. The Morgan fingerprint density at radius 3 is 2.74 bits per heavy atom. The first kappa shape index (κ1) is 21.6. The van der Waals surface area contributed by atoms with Crippen molar-refractivity contribution >= 4 is 11.7 Å². The minimum atomic E-state index is -0.0332. The number of rotatable bonds is 6. The Balaban J connectivity index is 1.51. The Labute approximate surface area is 184 Å². The predicted molar refractivity (Wildman–Crippen MR) is 121 cm³/mol. The lowest BCUT2D eigenvalue weighted by atomic mass is 9.99. The SMILES string of the molecule is CNc1nc([C@H]2CCCCN2C(=O)CCc2ccc(OC)cc2)nc2c1CN(C)CC2. The lowest BCUT2D eigenvalue weighted by molar-refractivity contribution is -0.135. The summed E-state index contributed by atoms with van der Waals surface area (Å²) in [6, 6.07) is 7.92. The van der Waals surface area contributed by atoms with Crippen molar-refractivity contribution in [1.82, 2.24) is 19.8 Å². The fourth-order valence-corrected chi connectivity index (χ4v) is 4.61. The number of hydrogen-bond acceptors (Lipinski definition) is 6. The summed E-state index contributed by atoms with van der Waals surface area (Å²) in [6.45, 7) is 2.65. The highest BCUT2D eigenvalue weighted by atomic mass is 16.5. The molecule has 2 aliphatic heterocycles. The van der Waals surface area contributed by atoms with Gasteiger partial charge in [0.15, 0.2) is 5.82 Å². The number of likely N-dealkylation sites (N-methyl/N-ethyl adjacent to an activating group) is 1. The molecule has 166 valence electrons. The third-order valence-electron chi connectivity index (χ3n) is 6.41. The number of likely N-dealkylation sites (tertiary alicyclic amines) is 1. The van der Waals surface area contributed by atoms with E-state index in [9.17, 15) is 4.79 Å². The molecule has 4 rings (SSSR count). The molecule has 2 aromatic rings. The number of benzene rings is 1. The molecule has 1 fully saturated rings. The van der Waals surface area contributed by atoms with Crippen LogP contribution in [0.3, 0.4) is 0 Å². The van der Waals surface area contributed by atoms with Gasteiger partial charge in [-0.2, -0.15) is 0 Å². The van der Waals surface area contributed by atoms with Crippen LogP contribution in [-0.2, 0) is 24.2 Å². The fraction of sp³-hybridized carbons (Fsp3) is 0.542. The summed E-state index contributed by atoms with van der Waals surface area (Å²) in [7, 11) is 5.70. The smallest absolute Gasteiger partial charge is 0.223 e. The summed E-state index contributed by atoms with van der Waals surface area (Å²) in [6.07, 6.45) is 5.22. The second kappa shape index (κ2) is 9.64. The van der Waals surface area contributed by atoms with Gasteiger partial charge in [0.25, 0.3) is 0 Å². The van der Waals surface area contributed by atoms with Gasteiger partial charge in [0.05, 0.1) is 18.8 Å². The number of amides is 1. The second-order valence-corrected chi connectivity index (χ2v) is 8.54. The molecular formula is C24H33N5O2. The molecule has 0 bridgehead atoms. The van der Waals surface area contributed by atoms with Crippen molar-refractivity contribution in [1.29, 1.82) is 0 Å². The Hall–Kier alpha value is -2.67. The van der Waals surface area contributed by atoms with Crippen LogP contribution in [0.5, 0.6) is 5.75 Å². The largest absolute Gasteiger partial charge is 0.497 e. The molecule has 0 unspecified atom stereocenters. The number of fused-ring (bicyclic) bond motifs is 1. The van der Waals surface area contributed by atoms with Crippen LogP contribution in [0, 0.1) is 0 Å². The summed E-state index contributed by atoms with van der Waals surface area (Å²) in [5.74, 6) is 2.72. The van der Waals surface area contributed by atoms with E-state index in [0.717, 1.165) is 80.4 Å². The lowest BCUT2D eigenvalue weighted by Crippen LogP contribution is -2.40. The average molecular weight is 424 g/mol. The van der Waals surface area contributed by atoms with Crippen molar-refractivity contribution in [3.05, 3.63) is 46.9 Å². The minimum absolute atomic E-state index is 0.0332. The van der Waals surface area contributed by atoms with E-state index in [4.69, 9.17) is 14.7 Å². The van der Waals surface area contributed by atoms with E-state index in [1.54, 1.807) is 7.11 Å². The molecule has 7 nitrogen and oxygen atoms in total. The zero-order valence-electron chi connectivity index (χ0n) is 18.9. The van der Waals surface area contributed by atoms with Crippen LogP contribution >= 0.6 is 0 Å². The van der Waals surface area contributed by atoms with E-state index in [1.807, 2.05) is 36.2 Å². The molecule has 1 N–H and O–H groups in total. The molecule has 0 saturated carbocycles. The number of aromatic nitrogens is 2. The standard InChI is InChI=1S/C24H33N5O2/c1-25-23-19-16-28(2)15-13-20(19)26-24(27-23)21-6-4-5-14-29(21)22(30)12-9-17-7-10-18(31-3)11-8-17/h7-8,10-11,21H,4-6,9,12-16H2,1-3H3,(H,25,26,27)/t21-/m1/s1. The maximum absolute atomic E-state index is 13.2. The first-order valence-corrected chi connectivity index (χ1v) is 11.3. The lowest BCUT2D eigenvalue weighted by Gasteiger charge is -2.36. The molecule has 1 atom stereocenters. The van der Waals surface area contributed by atoms with Gasteiger partial charge < -0.3 is 19.9 Å². The third-order valence-corrected chi connectivity index (χ3v) is 6.41. The van der Waals surface area contributed by atoms with Crippen molar-refractivity contribution in [2.24, 2.45) is 0 Å². The van der Waals surface area contributed by atoms with Gasteiger partial charge in [-0.3, -0.25) is 4.79 Å². The number of anilines is 1. The van der Waals surface area contributed by atoms with E-state index in [-0.39, 0.29) is 11.9 Å². The summed E-state index contributed by atoms with van der Waals surface area (Å²) in [5, 5.41) is 3.26. The molecule has 0 aliphatic carbocycles. The summed E-state index contributed by atoms with van der Waals surface area (Å²) in [4.78, 5) is 27.3. The number of carbonyl (C=O) groups excluding carboxylic acids is 1. The van der Waals surface area contributed by atoms with Crippen molar-refractivity contribution < 1.29 is 9.53 Å². The van der Waals surface area contributed by atoms with E-state index in [0.29, 0.717) is 6.42 Å². The molecule has 7 heteroatoms. The monoisotopic (exact) mass is 423 g/mol. The van der Waals surface area contributed by atoms with Gasteiger partial charge in [-0.25, -0.2) is 9.97 Å². The van der Waals surface area contributed by atoms with Crippen LogP contribution in [0.15, 0.2) is 24.3 Å². The van der Waals surface area contributed by atoms with Crippen molar-refractivity contribution in [3.8, 4) is 5.75 Å². The highest BCUT2D eigenvalue weighted by Gasteiger charge is 2.31. The molecule has 1 saturated heterocycles. The molecule has 1 aromatic heterocycles. The van der Waals surface area contributed by atoms with Gasteiger partial charge in [0.1, 0.15) is 11.6 Å². The number of methoxy groups -OCH3 is 1. The van der Waals surface area contributed by atoms with Crippen molar-refractivity contribution in [3.63, 3.8) is 0 Å². The van der Waals surface area contributed by atoms with Crippen LogP contribution in [-0.4, -0.2) is 60.0 Å². The van der Waals surface area contributed by atoms with Crippen LogP contribution in [0.1, 0.15) is 54.4 Å². The number of ether oxygens (including phenoxy) is 1. The van der Waals surface area contributed by atoms with Gasteiger partial charge in [0, 0.05) is 45.1 Å². The summed E-state index contributed by atoms with van der Waals surface area (Å²) in [5.41, 5.74) is 3.46. The fourth-order valence-electron chi connectivity index (χ4n) is 4.61. The van der Waals surface area contributed by atoms with Crippen molar-refractivity contribution in [2.45, 2.75) is 51.1 Å². The van der Waals surface area contributed by atoms with E-state index >= 15 is 0 Å². The molecule has 1 aromatic carbocycles. The quantitative estimate of drug-likeness (QED) is 0.769. The van der Waals surface area contributed by atoms with Gasteiger partial charge >= 0.3 is 0 Å². The van der Waals surface area contributed by atoms with Gasteiger partial charge in [-0.05, 0) is 50.4 Å². The number of hydrogen-bond donors (Lipinski definition) is 1. The number of aryl methyl sites for hydroxylation is 1. The molecular weight excluding hydrogens is 390 g/mol. The topological polar surface area (TPSA) is 70.6 Å². The number of nitrogens with one attached hydrogen (secondary N) is 1. The predicted octanol–water partition coefficient (Wildman–Crippen LogP) is 3.20. The molecule has 2 aliphatic rings. The maximum Gasteiger partial charge on any atom is 0.223 e. The molecule has 31 heavy (non-hydrogen) atoms. The number of carbonyl (C=O) groups is 1. The average Bonchev–Trinajstić information content (AvgIpc) is 2.82. The van der Waals surface area contributed by atoms with E-state index < -0.39 is 0 Å². The van der Waals surface area contributed by atoms with Gasteiger partial charge in [-0.1, -0.05) is 12.1 Å². The third kappa shape index (κ3) is 4.82. The highest BCUT2D eigenvalue weighted by Crippen LogP contribution is 2.32. The number of nitrogens with zero attached hydrogens (tertiary/aromatic N) is 4. The molecule has 0 radical (unpaired) electrons. The summed E-state index contributed by atoms with van der Waals surface area (Å²) >= 11 is 0. The van der Waals surface area contributed by atoms with E-state index in [2.05, 4.69) is 17.3 Å². The summed E-state index contributed by atoms with van der Waals surface area (Å²) < 4.78 is 5.22. The Kier molecular flexibility index (Phi) is 6.70. The maximum atomic E-state index is 13.2. The first-order valence-electron chi connectivity index (χ1n) is 11.3. The van der Waals surface area contributed by atoms with E-state index in [1.165, 1.54) is 5.56 Å². The van der Waals surface area contributed by atoms with Gasteiger partial charge in [-0.15, -0.1) is 0 Å². The normalized spacial score (nSPS) is 19.1.